The van der Waals surface area contributed by atoms with Crippen LogP contribution in [0.4, 0.5) is 0 Å². The first-order valence-corrected chi connectivity index (χ1v) is 6.26. The van der Waals surface area contributed by atoms with Gasteiger partial charge in [0.1, 0.15) is 6.61 Å². The molecule has 0 heterocycles. The molecule has 0 saturated heterocycles. The predicted octanol–water partition coefficient (Wildman–Crippen LogP) is 3.36. The maximum absolute atomic E-state index is 11.3. The zero-order valence-electron chi connectivity index (χ0n) is 11.5. The first-order valence-electron chi connectivity index (χ1n) is 6.26. The van der Waals surface area contributed by atoms with E-state index in [0.717, 1.165) is 18.6 Å². The van der Waals surface area contributed by atoms with Crippen molar-refractivity contribution in [2.45, 2.75) is 59.8 Å². The van der Waals surface area contributed by atoms with Gasteiger partial charge in [-0.15, -0.1) is 0 Å². The molecule has 0 unspecified atom stereocenters. The smallest absolute Gasteiger partial charge is 0.306 e. The third-order valence-electron chi connectivity index (χ3n) is 2.10. The monoisotopic (exact) mass is 240 g/mol. The Labute approximate surface area is 104 Å². The Balaban J connectivity index is 3.69. The number of nitrogens with zero attached hydrogens (tertiary/aromatic N) is 2. The second-order valence-corrected chi connectivity index (χ2v) is 4.35. The van der Waals surface area contributed by atoms with Crippen LogP contribution >= 0.6 is 0 Å². The number of hydrogen-bond acceptors (Lipinski definition) is 4. The zero-order valence-corrected chi connectivity index (χ0v) is 11.5. The molecular formula is C13H24N2O2. The van der Waals surface area contributed by atoms with Gasteiger partial charge in [-0.05, 0) is 27.2 Å². The molecule has 0 fully saturated rings. The van der Waals surface area contributed by atoms with Gasteiger partial charge in [-0.1, -0.05) is 26.2 Å². The van der Waals surface area contributed by atoms with Crippen LogP contribution in [0.15, 0.2) is 10.2 Å². The van der Waals surface area contributed by atoms with Crippen LogP contribution in [0, 0.1) is 0 Å². The summed E-state index contributed by atoms with van der Waals surface area (Å²) >= 11 is 0. The first-order chi connectivity index (χ1) is 8.06. The van der Waals surface area contributed by atoms with Crippen LogP contribution in [0.5, 0.6) is 0 Å². The number of carbonyl (C=O) groups is 1. The number of ether oxygens (including phenoxy) is 1. The molecule has 0 rings (SSSR count). The Morgan fingerprint density at radius 2 is 1.76 bits per heavy atom. The second-order valence-electron chi connectivity index (χ2n) is 4.35. The fourth-order valence-electron chi connectivity index (χ4n) is 1.17. The summed E-state index contributed by atoms with van der Waals surface area (Å²) in [5.74, 6) is -0.146. The zero-order chi connectivity index (χ0) is 13.1. The molecule has 0 aliphatic rings. The van der Waals surface area contributed by atoms with Crippen molar-refractivity contribution in [3.63, 3.8) is 0 Å². The molecule has 0 atom stereocenters. The van der Waals surface area contributed by atoms with E-state index in [9.17, 15) is 4.79 Å². The van der Waals surface area contributed by atoms with Crippen LogP contribution in [0.25, 0.3) is 0 Å². The maximum Gasteiger partial charge on any atom is 0.306 e. The van der Waals surface area contributed by atoms with Crippen molar-refractivity contribution in [1.29, 1.82) is 0 Å². The largest absolute Gasteiger partial charge is 0.459 e. The van der Waals surface area contributed by atoms with Crippen LogP contribution in [0.1, 0.15) is 59.8 Å². The third kappa shape index (κ3) is 11.1. The van der Waals surface area contributed by atoms with E-state index in [0.29, 0.717) is 12.1 Å². The Bertz CT molecular complexity index is 279. The highest BCUT2D eigenvalue weighted by Crippen LogP contribution is 2.03. The maximum atomic E-state index is 11.3. The molecule has 0 radical (unpaired) electrons. The van der Waals surface area contributed by atoms with Gasteiger partial charge in [0.25, 0.3) is 0 Å². The minimum Gasteiger partial charge on any atom is -0.459 e. The Kier molecular flexibility index (Phi) is 9.30. The summed E-state index contributed by atoms with van der Waals surface area (Å²) in [4.78, 5) is 11.3. The fourth-order valence-corrected chi connectivity index (χ4v) is 1.17. The highest BCUT2D eigenvalue weighted by Gasteiger charge is 2.03. The summed E-state index contributed by atoms with van der Waals surface area (Å²) in [6, 6.07) is 0. The standard InChI is InChI=1S/C13H24N2O2/c1-5-6-7-8-9-13(16)17-10-12(4)15-14-11(2)3/h5-10H2,1-4H3/b15-12+. The third-order valence-corrected chi connectivity index (χ3v) is 2.10. The van der Waals surface area contributed by atoms with Crippen molar-refractivity contribution >= 4 is 17.4 Å². The number of carbonyl (C=O) groups excluding carboxylic acids is 1. The van der Waals surface area contributed by atoms with Crippen LogP contribution in [-0.2, 0) is 9.53 Å². The molecule has 17 heavy (non-hydrogen) atoms. The highest BCUT2D eigenvalue weighted by atomic mass is 16.5. The minimum atomic E-state index is -0.146. The Morgan fingerprint density at radius 1 is 1.06 bits per heavy atom. The van der Waals surface area contributed by atoms with Crippen molar-refractivity contribution in [2.75, 3.05) is 6.61 Å². The van der Waals surface area contributed by atoms with Gasteiger partial charge in [-0.2, -0.15) is 10.2 Å². The van der Waals surface area contributed by atoms with Gasteiger partial charge >= 0.3 is 5.97 Å². The van der Waals surface area contributed by atoms with Crippen molar-refractivity contribution in [1.82, 2.24) is 0 Å². The second kappa shape index (κ2) is 10.00. The lowest BCUT2D eigenvalue weighted by Gasteiger charge is -2.03. The summed E-state index contributed by atoms with van der Waals surface area (Å²) in [5, 5.41) is 7.83. The molecule has 0 saturated carbocycles. The van der Waals surface area contributed by atoms with Crippen LogP contribution in [0.2, 0.25) is 0 Å². The van der Waals surface area contributed by atoms with Gasteiger partial charge in [-0.25, -0.2) is 0 Å². The predicted molar refractivity (Wildman–Crippen MR) is 71.6 cm³/mol. The van der Waals surface area contributed by atoms with Crippen LogP contribution in [-0.4, -0.2) is 24.0 Å². The van der Waals surface area contributed by atoms with Crippen LogP contribution in [0.3, 0.4) is 0 Å². The fraction of sp³-hybridized carbons (Fsp3) is 0.769. The van der Waals surface area contributed by atoms with E-state index >= 15 is 0 Å². The van der Waals surface area contributed by atoms with Crippen molar-refractivity contribution in [3.8, 4) is 0 Å². The lowest BCUT2D eigenvalue weighted by molar-refractivity contribution is -0.142. The summed E-state index contributed by atoms with van der Waals surface area (Å²) in [6.45, 7) is 7.93. The molecule has 0 aliphatic carbocycles. The molecule has 0 aromatic carbocycles. The number of hydrogen-bond donors (Lipinski definition) is 0. The number of rotatable bonds is 8. The molecule has 4 heteroatoms. The lowest BCUT2D eigenvalue weighted by atomic mass is 10.2. The molecule has 0 N–H and O–H groups in total. The van der Waals surface area contributed by atoms with Gasteiger partial charge in [0.15, 0.2) is 0 Å². The van der Waals surface area contributed by atoms with Gasteiger partial charge in [0, 0.05) is 12.1 Å². The summed E-state index contributed by atoms with van der Waals surface area (Å²) < 4.78 is 5.08. The molecule has 0 spiro atoms. The van der Waals surface area contributed by atoms with E-state index in [1.54, 1.807) is 6.92 Å². The van der Waals surface area contributed by atoms with Crippen molar-refractivity contribution in [3.05, 3.63) is 0 Å². The number of esters is 1. The molecular weight excluding hydrogens is 216 g/mol. The molecule has 0 aliphatic heterocycles. The summed E-state index contributed by atoms with van der Waals surface area (Å²) in [7, 11) is 0. The van der Waals surface area contributed by atoms with E-state index in [-0.39, 0.29) is 12.6 Å². The minimum absolute atomic E-state index is 0.146. The molecule has 0 aromatic heterocycles. The van der Waals surface area contributed by atoms with E-state index in [1.165, 1.54) is 12.8 Å². The van der Waals surface area contributed by atoms with Crippen molar-refractivity contribution < 1.29 is 9.53 Å². The number of unbranched alkanes of at least 4 members (excludes halogenated alkanes) is 3. The topological polar surface area (TPSA) is 51.0 Å². The van der Waals surface area contributed by atoms with Gasteiger partial charge in [0.2, 0.25) is 0 Å². The molecule has 0 amide bonds. The highest BCUT2D eigenvalue weighted by molar-refractivity contribution is 5.86. The summed E-state index contributed by atoms with van der Waals surface area (Å²) in [5.41, 5.74) is 1.60. The molecule has 0 aromatic rings. The SMILES string of the molecule is CCCCCCC(=O)OC/C(C)=N/N=C(C)C. The van der Waals surface area contributed by atoms with E-state index in [4.69, 9.17) is 4.74 Å². The molecule has 0 bridgehead atoms. The molecule has 4 nitrogen and oxygen atoms in total. The van der Waals surface area contributed by atoms with E-state index in [2.05, 4.69) is 17.1 Å². The molecule has 98 valence electrons. The Hall–Kier alpha value is -1.19. The van der Waals surface area contributed by atoms with Crippen LogP contribution < -0.4 is 0 Å². The van der Waals surface area contributed by atoms with E-state index in [1.807, 2.05) is 13.8 Å². The van der Waals surface area contributed by atoms with E-state index < -0.39 is 0 Å². The average Bonchev–Trinajstić information content (AvgIpc) is 2.29. The Morgan fingerprint density at radius 3 is 2.35 bits per heavy atom. The lowest BCUT2D eigenvalue weighted by Crippen LogP contribution is -2.11. The quantitative estimate of drug-likeness (QED) is 0.283. The van der Waals surface area contributed by atoms with Gasteiger partial charge < -0.3 is 4.74 Å². The van der Waals surface area contributed by atoms with Gasteiger partial charge in [-0.3, -0.25) is 4.79 Å². The average molecular weight is 240 g/mol. The van der Waals surface area contributed by atoms with Gasteiger partial charge in [0.05, 0.1) is 5.71 Å². The first kappa shape index (κ1) is 15.8. The summed E-state index contributed by atoms with van der Waals surface area (Å²) in [6.07, 6.45) is 4.86. The normalized spacial score (nSPS) is 11.2. The van der Waals surface area contributed by atoms with Crippen molar-refractivity contribution in [2.24, 2.45) is 10.2 Å².